The Morgan fingerprint density at radius 3 is 2.78 bits per heavy atom. The number of ketones is 1. The van der Waals surface area contributed by atoms with Crippen molar-refractivity contribution >= 4 is 28.9 Å². The number of ether oxygens (including phenoxy) is 1. The van der Waals surface area contributed by atoms with Crippen molar-refractivity contribution in [3.05, 3.63) is 52.3 Å². The third-order valence-electron chi connectivity index (χ3n) is 7.01. The van der Waals surface area contributed by atoms with E-state index in [-0.39, 0.29) is 29.6 Å². The molecule has 1 aromatic carbocycles. The second-order valence-electron chi connectivity index (χ2n) is 9.43. The summed E-state index contributed by atoms with van der Waals surface area (Å²) in [5.41, 5.74) is 6.36. The van der Waals surface area contributed by atoms with Crippen LogP contribution in [0.2, 0.25) is 0 Å². The standard InChI is InChI=1S/C27H35N4O4S/c1-2-23(32)30-24(18-8-4-3-5-9-18)27(34)31-14-7-12-22(31)26-29-21(17-36-26)25(33)19-10-6-11-20(16-19)35-15-13-28/h2,6,10-11,16-18,22,24H,3-5,7-9,12-15,28H2,1H3,(H,30,32)/t22-,24+/m1/s1. The van der Waals surface area contributed by atoms with Crippen LogP contribution in [-0.4, -0.2) is 53.2 Å². The lowest BCUT2D eigenvalue weighted by Gasteiger charge is -2.34. The van der Waals surface area contributed by atoms with E-state index in [1.165, 1.54) is 24.2 Å². The van der Waals surface area contributed by atoms with Gasteiger partial charge in [0.05, 0.1) is 6.04 Å². The number of hydrogen-bond acceptors (Lipinski definition) is 7. The molecule has 2 atom stereocenters. The largest absolute Gasteiger partial charge is 0.492 e. The first kappa shape index (κ1) is 26.3. The first-order chi connectivity index (χ1) is 17.5. The number of nitrogens with two attached hydrogens (primary N) is 1. The summed E-state index contributed by atoms with van der Waals surface area (Å²) in [6, 6.07) is 6.30. The Morgan fingerprint density at radius 1 is 1.22 bits per heavy atom. The van der Waals surface area contributed by atoms with Gasteiger partial charge in [-0.1, -0.05) is 38.3 Å². The maximum atomic E-state index is 13.8. The molecule has 8 nitrogen and oxygen atoms in total. The molecule has 1 aromatic heterocycles. The third kappa shape index (κ3) is 6.13. The molecule has 9 heteroatoms. The lowest BCUT2D eigenvalue weighted by atomic mass is 9.83. The zero-order chi connectivity index (χ0) is 25.5. The number of thiazole rings is 1. The van der Waals surface area contributed by atoms with Gasteiger partial charge in [-0.3, -0.25) is 14.4 Å². The van der Waals surface area contributed by atoms with E-state index in [9.17, 15) is 14.4 Å². The zero-order valence-electron chi connectivity index (χ0n) is 20.8. The van der Waals surface area contributed by atoms with Crippen molar-refractivity contribution in [3.63, 3.8) is 0 Å². The average molecular weight is 512 g/mol. The topological polar surface area (TPSA) is 115 Å². The fraction of sp³-hybridized carbons (Fsp3) is 0.519. The molecule has 1 aliphatic heterocycles. The van der Waals surface area contributed by atoms with E-state index in [0.717, 1.165) is 43.5 Å². The van der Waals surface area contributed by atoms with Gasteiger partial charge in [0, 0.05) is 30.5 Å². The van der Waals surface area contributed by atoms with Gasteiger partial charge in [-0.15, -0.1) is 11.3 Å². The minimum atomic E-state index is -0.521. The number of nitrogens with zero attached hydrogens (tertiary/aromatic N) is 2. The smallest absolute Gasteiger partial charge is 0.246 e. The average Bonchev–Trinajstić information content (AvgIpc) is 3.60. The molecule has 0 unspecified atom stereocenters. The highest BCUT2D eigenvalue weighted by molar-refractivity contribution is 7.10. The third-order valence-corrected chi connectivity index (χ3v) is 7.95. The summed E-state index contributed by atoms with van der Waals surface area (Å²) < 4.78 is 5.55. The number of hydrogen-bond donors (Lipinski definition) is 2. The van der Waals surface area contributed by atoms with E-state index in [1.54, 1.807) is 36.6 Å². The number of carbonyl (C=O) groups excluding carboxylic acids is 3. The van der Waals surface area contributed by atoms with Crippen LogP contribution in [0.15, 0.2) is 29.6 Å². The van der Waals surface area contributed by atoms with Gasteiger partial charge in [0.25, 0.3) is 0 Å². The molecular formula is C27H35N4O4S. The van der Waals surface area contributed by atoms with Crippen LogP contribution in [0.1, 0.15) is 79.0 Å². The maximum Gasteiger partial charge on any atom is 0.246 e. The SMILES string of the molecule is C[CH]C(=O)N[C@H](C(=O)N1CCC[C@@H]1c1nc(C(=O)c2cccc(OCCN)c2)cs1)C1CCCCC1. The molecule has 2 aromatic rings. The quantitative estimate of drug-likeness (QED) is 0.471. The summed E-state index contributed by atoms with van der Waals surface area (Å²) in [5, 5.41) is 5.50. The molecule has 1 radical (unpaired) electrons. The zero-order valence-corrected chi connectivity index (χ0v) is 21.6. The molecule has 4 rings (SSSR count). The lowest BCUT2D eigenvalue weighted by molar-refractivity contribution is -0.138. The molecule has 2 fully saturated rings. The van der Waals surface area contributed by atoms with E-state index in [2.05, 4.69) is 10.3 Å². The summed E-state index contributed by atoms with van der Waals surface area (Å²) in [6.45, 7) is 3.08. The summed E-state index contributed by atoms with van der Waals surface area (Å²) in [4.78, 5) is 45.6. The van der Waals surface area contributed by atoms with E-state index in [0.29, 0.717) is 36.7 Å². The number of rotatable bonds is 10. The van der Waals surface area contributed by atoms with Crippen LogP contribution in [0.3, 0.4) is 0 Å². The number of likely N-dealkylation sites (tertiary alicyclic amines) is 1. The predicted molar refractivity (Wildman–Crippen MR) is 139 cm³/mol. The summed E-state index contributed by atoms with van der Waals surface area (Å²) in [5.74, 6) is 0.312. The fourth-order valence-corrected chi connectivity index (χ4v) is 6.09. The molecule has 1 aliphatic carbocycles. The van der Waals surface area contributed by atoms with Gasteiger partial charge in [0.1, 0.15) is 29.1 Å². The van der Waals surface area contributed by atoms with Gasteiger partial charge < -0.3 is 20.7 Å². The highest BCUT2D eigenvalue weighted by Crippen LogP contribution is 2.36. The molecule has 1 saturated carbocycles. The van der Waals surface area contributed by atoms with E-state index >= 15 is 0 Å². The van der Waals surface area contributed by atoms with Gasteiger partial charge in [0.2, 0.25) is 17.6 Å². The van der Waals surface area contributed by atoms with Crippen molar-refractivity contribution in [2.75, 3.05) is 19.7 Å². The number of nitrogens with one attached hydrogen (secondary N) is 1. The molecule has 193 valence electrons. The second kappa shape index (κ2) is 12.5. The minimum Gasteiger partial charge on any atom is -0.492 e. The van der Waals surface area contributed by atoms with Crippen LogP contribution in [0.25, 0.3) is 0 Å². The van der Waals surface area contributed by atoms with Crippen molar-refractivity contribution in [1.82, 2.24) is 15.2 Å². The normalized spacial score (nSPS) is 19.2. The van der Waals surface area contributed by atoms with Gasteiger partial charge in [-0.2, -0.15) is 0 Å². The van der Waals surface area contributed by atoms with Crippen LogP contribution >= 0.6 is 11.3 Å². The number of amides is 2. The number of benzene rings is 1. The van der Waals surface area contributed by atoms with E-state index in [1.807, 2.05) is 4.90 Å². The summed E-state index contributed by atoms with van der Waals surface area (Å²) >= 11 is 1.41. The Balaban J connectivity index is 1.50. The molecule has 36 heavy (non-hydrogen) atoms. The number of aromatic nitrogens is 1. The highest BCUT2D eigenvalue weighted by atomic mass is 32.1. The van der Waals surface area contributed by atoms with Crippen molar-refractivity contribution < 1.29 is 19.1 Å². The monoisotopic (exact) mass is 511 g/mol. The lowest BCUT2D eigenvalue weighted by Crippen LogP contribution is -2.52. The maximum absolute atomic E-state index is 13.8. The van der Waals surface area contributed by atoms with Crippen LogP contribution in [-0.2, 0) is 9.59 Å². The van der Waals surface area contributed by atoms with Crippen molar-refractivity contribution in [2.24, 2.45) is 11.7 Å². The van der Waals surface area contributed by atoms with Gasteiger partial charge >= 0.3 is 0 Å². The molecule has 2 amide bonds. The van der Waals surface area contributed by atoms with Gasteiger partial charge in [-0.05, 0) is 43.7 Å². The van der Waals surface area contributed by atoms with Crippen molar-refractivity contribution in [3.8, 4) is 5.75 Å². The predicted octanol–water partition coefficient (Wildman–Crippen LogP) is 3.66. The van der Waals surface area contributed by atoms with Gasteiger partial charge in [-0.25, -0.2) is 4.98 Å². The van der Waals surface area contributed by atoms with E-state index in [4.69, 9.17) is 10.5 Å². The first-order valence-corrected chi connectivity index (χ1v) is 13.7. The Bertz CT molecular complexity index is 1070. The molecule has 0 spiro atoms. The van der Waals surface area contributed by atoms with Crippen LogP contribution in [0.5, 0.6) is 5.75 Å². The Morgan fingerprint density at radius 2 is 2.03 bits per heavy atom. The molecule has 1 saturated heterocycles. The molecule has 0 bridgehead atoms. The Labute approximate surface area is 216 Å². The van der Waals surface area contributed by atoms with Crippen molar-refractivity contribution in [1.29, 1.82) is 0 Å². The summed E-state index contributed by atoms with van der Waals surface area (Å²) in [6.07, 6.45) is 8.37. The Hall–Kier alpha value is -2.78. The van der Waals surface area contributed by atoms with Crippen LogP contribution in [0.4, 0.5) is 0 Å². The highest BCUT2D eigenvalue weighted by Gasteiger charge is 2.39. The molecule has 2 aliphatic rings. The Kier molecular flexibility index (Phi) is 9.09. The second-order valence-corrected chi connectivity index (χ2v) is 10.3. The van der Waals surface area contributed by atoms with E-state index < -0.39 is 6.04 Å². The van der Waals surface area contributed by atoms with Crippen LogP contribution in [0, 0.1) is 12.3 Å². The number of carbonyl (C=O) groups is 3. The molecule has 3 N–H and O–H groups in total. The molecular weight excluding hydrogens is 476 g/mol. The fourth-order valence-electron chi connectivity index (χ4n) is 5.15. The van der Waals surface area contributed by atoms with Crippen molar-refractivity contribution in [2.45, 2.75) is 64.0 Å². The van der Waals surface area contributed by atoms with Crippen LogP contribution < -0.4 is 15.8 Å². The summed E-state index contributed by atoms with van der Waals surface area (Å²) in [7, 11) is 0. The minimum absolute atomic E-state index is 0.0348. The first-order valence-electron chi connectivity index (χ1n) is 12.8. The van der Waals surface area contributed by atoms with Gasteiger partial charge in [0.15, 0.2) is 0 Å². The molecule has 2 heterocycles.